The van der Waals surface area contributed by atoms with Gasteiger partial charge in [0.1, 0.15) is 5.75 Å². The van der Waals surface area contributed by atoms with Gasteiger partial charge in [0.05, 0.1) is 26.9 Å². The largest absolute Gasteiger partial charge is 0.497 e. The van der Waals surface area contributed by atoms with Gasteiger partial charge < -0.3 is 14.2 Å². The maximum absolute atomic E-state index is 11.6. The number of hydrogen-bond acceptors (Lipinski definition) is 4. The molecule has 0 atom stereocenters. The predicted octanol–water partition coefficient (Wildman–Crippen LogP) is 2.72. The van der Waals surface area contributed by atoms with Crippen molar-refractivity contribution in [3.05, 3.63) is 35.4 Å². The Morgan fingerprint density at radius 1 is 1.15 bits per heavy atom. The predicted molar refractivity (Wildman–Crippen MR) is 79.0 cm³/mol. The van der Waals surface area contributed by atoms with Crippen molar-refractivity contribution < 1.29 is 19.0 Å². The van der Waals surface area contributed by atoms with E-state index in [1.807, 2.05) is 37.3 Å². The second-order valence-electron chi connectivity index (χ2n) is 4.25. The molecule has 4 heteroatoms. The zero-order valence-corrected chi connectivity index (χ0v) is 12.3. The van der Waals surface area contributed by atoms with Crippen LogP contribution in [0.1, 0.15) is 19.4 Å². The van der Waals surface area contributed by atoms with Crippen LogP contribution < -0.4 is 4.74 Å². The van der Waals surface area contributed by atoms with Crippen LogP contribution in [0.2, 0.25) is 0 Å². The SMILES string of the molecule is CCOCCOC/C(=C/c1ccc(OC)cc1)C(C)=O. The first-order valence-corrected chi connectivity index (χ1v) is 6.68. The maximum atomic E-state index is 11.6. The molecule has 1 rings (SSSR count). The van der Waals surface area contributed by atoms with Gasteiger partial charge in [0.2, 0.25) is 0 Å². The van der Waals surface area contributed by atoms with Crippen molar-refractivity contribution in [2.24, 2.45) is 0 Å². The molecule has 0 aliphatic rings. The van der Waals surface area contributed by atoms with Crippen LogP contribution in [-0.2, 0) is 14.3 Å². The van der Waals surface area contributed by atoms with Crippen LogP contribution in [-0.4, -0.2) is 39.3 Å². The van der Waals surface area contributed by atoms with Crippen molar-refractivity contribution in [3.8, 4) is 5.75 Å². The molecule has 0 aliphatic heterocycles. The lowest BCUT2D eigenvalue weighted by atomic mass is 10.1. The Hall–Kier alpha value is -1.65. The summed E-state index contributed by atoms with van der Waals surface area (Å²) in [5.41, 5.74) is 1.59. The monoisotopic (exact) mass is 278 g/mol. The molecule has 0 fully saturated rings. The van der Waals surface area contributed by atoms with Crippen LogP contribution in [0.15, 0.2) is 29.8 Å². The van der Waals surface area contributed by atoms with E-state index < -0.39 is 0 Å². The Kier molecular flexibility index (Phi) is 7.62. The molecular formula is C16H22O4. The first-order valence-electron chi connectivity index (χ1n) is 6.68. The van der Waals surface area contributed by atoms with Gasteiger partial charge in [-0.25, -0.2) is 0 Å². The number of benzene rings is 1. The molecule has 4 nitrogen and oxygen atoms in total. The molecule has 0 amide bonds. The van der Waals surface area contributed by atoms with Crippen molar-refractivity contribution in [2.45, 2.75) is 13.8 Å². The summed E-state index contributed by atoms with van der Waals surface area (Å²) in [4.78, 5) is 11.6. The first kappa shape index (κ1) is 16.4. The molecule has 110 valence electrons. The van der Waals surface area contributed by atoms with E-state index in [1.54, 1.807) is 14.0 Å². The van der Waals surface area contributed by atoms with Gasteiger partial charge in [0.15, 0.2) is 5.78 Å². The Morgan fingerprint density at radius 2 is 1.80 bits per heavy atom. The zero-order valence-electron chi connectivity index (χ0n) is 12.3. The van der Waals surface area contributed by atoms with Gasteiger partial charge in [-0.2, -0.15) is 0 Å². The third-order valence-electron chi connectivity index (χ3n) is 2.74. The minimum atomic E-state index is 0.0113. The summed E-state index contributed by atoms with van der Waals surface area (Å²) >= 11 is 0. The summed E-state index contributed by atoms with van der Waals surface area (Å²) in [6, 6.07) is 7.53. The molecule has 0 heterocycles. The summed E-state index contributed by atoms with van der Waals surface area (Å²) in [6.07, 6.45) is 1.84. The lowest BCUT2D eigenvalue weighted by molar-refractivity contribution is -0.114. The highest BCUT2D eigenvalue weighted by atomic mass is 16.5. The summed E-state index contributed by atoms with van der Waals surface area (Å²) in [6.45, 7) is 5.48. The Bertz CT molecular complexity index is 434. The van der Waals surface area contributed by atoms with Crippen LogP contribution in [0, 0.1) is 0 Å². The smallest absolute Gasteiger partial charge is 0.158 e. The average molecular weight is 278 g/mol. The van der Waals surface area contributed by atoms with Crippen LogP contribution in [0.3, 0.4) is 0 Å². The fraction of sp³-hybridized carbons (Fsp3) is 0.438. The van der Waals surface area contributed by atoms with E-state index >= 15 is 0 Å². The van der Waals surface area contributed by atoms with Crippen molar-refractivity contribution in [1.82, 2.24) is 0 Å². The van der Waals surface area contributed by atoms with Gasteiger partial charge in [0, 0.05) is 12.2 Å². The number of ketones is 1. The second kappa shape index (κ2) is 9.28. The van der Waals surface area contributed by atoms with Gasteiger partial charge in [0.25, 0.3) is 0 Å². The van der Waals surface area contributed by atoms with Crippen molar-refractivity contribution in [3.63, 3.8) is 0 Å². The van der Waals surface area contributed by atoms with Gasteiger partial charge in [-0.1, -0.05) is 12.1 Å². The Morgan fingerprint density at radius 3 is 2.35 bits per heavy atom. The number of rotatable bonds is 9. The third-order valence-corrected chi connectivity index (χ3v) is 2.74. The fourth-order valence-corrected chi connectivity index (χ4v) is 1.59. The summed E-state index contributed by atoms with van der Waals surface area (Å²) in [7, 11) is 1.62. The Balaban J connectivity index is 2.59. The van der Waals surface area contributed by atoms with E-state index in [-0.39, 0.29) is 5.78 Å². The number of carbonyl (C=O) groups is 1. The molecule has 0 spiro atoms. The average Bonchev–Trinajstić information content (AvgIpc) is 2.46. The van der Waals surface area contributed by atoms with Crippen LogP contribution in [0.4, 0.5) is 0 Å². The molecule has 0 bridgehead atoms. The topological polar surface area (TPSA) is 44.8 Å². The van der Waals surface area contributed by atoms with Gasteiger partial charge in [-0.15, -0.1) is 0 Å². The van der Waals surface area contributed by atoms with E-state index in [9.17, 15) is 4.79 Å². The molecule has 0 N–H and O–H groups in total. The molecule has 0 saturated heterocycles. The number of methoxy groups -OCH3 is 1. The van der Waals surface area contributed by atoms with Crippen molar-refractivity contribution >= 4 is 11.9 Å². The first-order chi connectivity index (χ1) is 9.67. The highest BCUT2D eigenvalue weighted by Gasteiger charge is 2.04. The van der Waals surface area contributed by atoms with E-state index in [4.69, 9.17) is 14.2 Å². The molecular weight excluding hydrogens is 256 g/mol. The van der Waals surface area contributed by atoms with Crippen LogP contribution >= 0.6 is 0 Å². The molecule has 20 heavy (non-hydrogen) atoms. The Labute approximate surface area is 120 Å². The summed E-state index contributed by atoms with van der Waals surface area (Å²) < 4.78 is 15.7. The van der Waals surface area contributed by atoms with Gasteiger partial charge in [-0.05, 0) is 37.6 Å². The number of hydrogen-bond donors (Lipinski definition) is 0. The van der Waals surface area contributed by atoms with E-state index in [1.165, 1.54) is 0 Å². The lowest BCUT2D eigenvalue weighted by Crippen LogP contribution is -2.10. The summed E-state index contributed by atoms with van der Waals surface area (Å²) in [5.74, 6) is 0.803. The van der Waals surface area contributed by atoms with Gasteiger partial charge >= 0.3 is 0 Å². The molecule has 0 aromatic heterocycles. The number of Topliss-reactive ketones (excluding diaryl/α,β-unsaturated/α-hetero) is 1. The second-order valence-corrected chi connectivity index (χ2v) is 4.25. The highest BCUT2D eigenvalue weighted by molar-refractivity contribution is 5.98. The summed E-state index contributed by atoms with van der Waals surface area (Å²) in [5, 5.41) is 0. The number of ether oxygens (including phenoxy) is 3. The van der Waals surface area contributed by atoms with Crippen LogP contribution in [0.25, 0.3) is 6.08 Å². The van der Waals surface area contributed by atoms with Crippen molar-refractivity contribution in [2.75, 3.05) is 33.5 Å². The molecule has 1 aromatic carbocycles. The fourth-order valence-electron chi connectivity index (χ4n) is 1.59. The van der Waals surface area contributed by atoms with E-state index in [0.717, 1.165) is 11.3 Å². The quantitative estimate of drug-likeness (QED) is 0.514. The standard InChI is InChI=1S/C16H22O4/c1-4-19-9-10-20-12-15(13(2)17)11-14-5-7-16(18-3)8-6-14/h5-8,11H,4,9-10,12H2,1-3H3/b15-11-. The zero-order chi connectivity index (χ0) is 14.8. The van der Waals surface area contributed by atoms with Gasteiger partial charge in [-0.3, -0.25) is 4.79 Å². The molecule has 0 radical (unpaired) electrons. The minimum absolute atomic E-state index is 0.0113. The molecule has 1 aromatic rings. The maximum Gasteiger partial charge on any atom is 0.158 e. The number of carbonyl (C=O) groups excluding carboxylic acids is 1. The van der Waals surface area contributed by atoms with Crippen LogP contribution in [0.5, 0.6) is 5.75 Å². The minimum Gasteiger partial charge on any atom is -0.497 e. The lowest BCUT2D eigenvalue weighted by Gasteiger charge is -2.07. The highest BCUT2D eigenvalue weighted by Crippen LogP contribution is 2.14. The molecule has 0 unspecified atom stereocenters. The normalized spacial score (nSPS) is 11.4. The van der Waals surface area contributed by atoms with E-state index in [2.05, 4.69) is 0 Å². The molecule has 0 aliphatic carbocycles. The van der Waals surface area contributed by atoms with Crippen molar-refractivity contribution in [1.29, 1.82) is 0 Å². The third kappa shape index (κ3) is 5.99. The van der Waals surface area contributed by atoms with E-state index in [0.29, 0.717) is 32.0 Å². The molecule has 0 saturated carbocycles.